The number of aromatic nitrogens is 1. The second-order valence-corrected chi connectivity index (χ2v) is 8.51. The molecule has 0 atom stereocenters. The van der Waals surface area contributed by atoms with E-state index in [1.54, 1.807) is 0 Å². The lowest BCUT2D eigenvalue weighted by Gasteiger charge is -2.19. The van der Waals surface area contributed by atoms with E-state index in [1.807, 2.05) is 24.3 Å². The fourth-order valence-corrected chi connectivity index (χ4v) is 4.28. The Bertz CT molecular complexity index is 1360. The number of carbonyl (C=O) groups is 1. The molecule has 0 radical (unpaired) electrons. The molecule has 6 heteroatoms. The molecule has 3 aromatic carbocycles. The van der Waals surface area contributed by atoms with Crippen LogP contribution in [0.15, 0.2) is 71.9 Å². The van der Waals surface area contributed by atoms with E-state index < -0.39 is 5.97 Å². The topological polar surface area (TPSA) is 75.8 Å². The number of para-hydroxylation sites is 1. The van der Waals surface area contributed by atoms with Gasteiger partial charge in [0.05, 0.1) is 17.5 Å². The third-order valence-electron chi connectivity index (χ3n) is 6.15. The van der Waals surface area contributed by atoms with Gasteiger partial charge in [-0.15, -0.1) is 0 Å². The predicted molar refractivity (Wildman–Crippen MR) is 142 cm³/mol. The van der Waals surface area contributed by atoms with Gasteiger partial charge < -0.3 is 19.8 Å². The lowest BCUT2D eigenvalue weighted by atomic mass is 10.0. The van der Waals surface area contributed by atoms with Crippen molar-refractivity contribution >= 4 is 27.8 Å². The Morgan fingerprint density at radius 1 is 1.00 bits per heavy atom. The summed E-state index contributed by atoms with van der Waals surface area (Å²) in [7, 11) is 0. The summed E-state index contributed by atoms with van der Waals surface area (Å²) in [5, 5.41) is 19.6. The first kappa shape index (κ1) is 26.0. The normalized spacial score (nSPS) is 11.5. The van der Waals surface area contributed by atoms with Crippen molar-refractivity contribution in [3.8, 4) is 0 Å². The molecule has 1 aromatic heterocycles. The minimum atomic E-state index is -0.900. The van der Waals surface area contributed by atoms with Crippen LogP contribution in [-0.2, 0) is 22.7 Å². The molecule has 35 heavy (non-hydrogen) atoms. The predicted octanol–water partition coefficient (Wildman–Crippen LogP) is 5.53. The van der Waals surface area contributed by atoms with Crippen molar-refractivity contribution in [3.63, 3.8) is 0 Å². The Kier molecular flexibility index (Phi) is 9.04. The van der Waals surface area contributed by atoms with Crippen LogP contribution in [0.2, 0.25) is 0 Å². The molecule has 1 heterocycles. The zero-order chi connectivity index (χ0) is 23.9. The highest BCUT2D eigenvalue weighted by Gasteiger charge is 2.13. The van der Waals surface area contributed by atoms with Crippen LogP contribution in [0.3, 0.4) is 0 Å². The largest absolute Gasteiger partial charge is 0.481 e. The van der Waals surface area contributed by atoms with E-state index in [1.165, 1.54) is 16.7 Å². The first-order valence-corrected chi connectivity index (χ1v) is 11.7. The van der Waals surface area contributed by atoms with E-state index in [9.17, 15) is 4.79 Å². The molecule has 4 rings (SSSR count). The van der Waals surface area contributed by atoms with Crippen LogP contribution in [0, 0.1) is 13.8 Å². The molecule has 0 unspecified atom stereocenters. The monoisotopic (exact) mass is 473 g/mol. The van der Waals surface area contributed by atoms with Gasteiger partial charge in [-0.2, -0.15) is 0 Å². The molecule has 0 aliphatic heterocycles. The van der Waals surface area contributed by atoms with Gasteiger partial charge in [-0.25, -0.2) is 0 Å². The van der Waals surface area contributed by atoms with Crippen LogP contribution < -0.4 is 10.7 Å². The lowest BCUT2D eigenvalue weighted by molar-refractivity contribution is -0.138. The second kappa shape index (κ2) is 12.2. The van der Waals surface area contributed by atoms with Crippen LogP contribution in [0.4, 0.5) is 0 Å². The van der Waals surface area contributed by atoms with Gasteiger partial charge in [-0.1, -0.05) is 73.2 Å². The Hall–Kier alpha value is -3.64. The number of carboxylic acid groups (broad SMARTS) is 1. The second-order valence-electron chi connectivity index (χ2n) is 8.51. The van der Waals surface area contributed by atoms with E-state index in [-0.39, 0.29) is 20.5 Å². The maximum absolute atomic E-state index is 10.9. The summed E-state index contributed by atoms with van der Waals surface area (Å²) in [6.45, 7) is 6.94. The van der Waals surface area contributed by atoms with Gasteiger partial charge in [0.2, 0.25) is 0 Å². The molecule has 4 aromatic rings. The van der Waals surface area contributed by atoms with Gasteiger partial charge in [0.25, 0.3) is 0 Å². The van der Waals surface area contributed by atoms with Crippen LogP contribution >= 0.6 is 0 Å². The number of rotatable bonds is 10. The van der Waals surface area contributed by atoms with Crippen molar-refractivity contribution in [2.45, 2.75) is 47.2 Å². The summed E-state index contributed by atoms with van der Waals surface area (Å²) in [6.07, 6.45) is 0.899. The van der Waals surface area contributed by atoms with Gasteiger partial charge in [0.1, 0.15) is 12.0 Å². The highest BCUT2D eigenvalue weighted by Crippen LogP contribution is 2.25. The zero-order valence-electron chi connectivity index (χ0n) is 19.8. The average molecular weight is 474 g/mol. The SMILES string of the molecule is C.Cc1ccc2/c(=N/OCCC(=O)O)c3ccccc3n(CCCNCc3ccccc3)c2c1C. The molecule has 6 nitrogen and oxygen atoms in total. The molecule has 0 fully saturated rings. The van der Waals surface area contributed by atoms with Gasteiger partial charge in [0, 0.05) is 23.9 Å². The number of aryl methyl sites for hydroxylation is 3. The van der Waals surface area contributed by atoms with Gasteiger partial charge in [-0.3, -0.25) is 4.79 Å². The third kappa shape index (κ3) is 6.08. The quantitative estimate of drug-likeness (QED) is 0.180. The summed E-state index contributed by atoms with van der Waals surface area (Å²) < 4.78 is 2.38. The van der Waals surface area contributed by atoms with Crippen molar-refractivity contribution in [1.82, 2.24) is 9.88 Å². The summed E-state index contributed by atoms with van der Waals surface area (Å²) >= 11 is 0. The minimum absolute atomic E-state index is 0. The molecular weight excluding hydrogens is 438 g/mol. The standard InChI is InChI=1S/C28H31N3O3.CH4/c1-20-13-14-24-27(30-34-18-15-26(32)33)23-11-6-7-12-25(23)31(28(24)21(20)2)17-8-16-29-19-22-9-4-3-5-10-22;/h3-7,9-14,29H,8,15-19H2,1-2H3,(H,32,33);1H4/b30-27+;. The molecule has 184 valence electrons. The van der Waals surface area contributed by atoms with Crippen LogP contribution in [0.1, 0.15) is 37.0 Å². The molecule has 0 saturated heterocycles. The lowest BCUT2D eigenvalue weighted by Crippen LogP contribution is -2.19. The van der Waals surface area contributed by atoms with E-state index in [2.05, 4.69) is 71.4 Å². The minimum Gasteiger partial charge on any atom is -0.481 e. The van der Waals surface area contributed by atoms with Crippen LogP contribution in [-0.4, -0.2) is 28.8 Å². The maximum atomic E-state index is 10.9. The Morgan fingerprint density at radius 2 is 1.74 bits per heavy atom. The number of hydrogen-bond donors (Lipinski definition) is 2. The van der Waals surface area contributed by atoms with Gasteiger partial charge >= 0.3 is 5.97 Å². The number of aliphatic carboxylic acids is 1. The fourth-order valence-electron chi connectivity index (χ4n) is 4.28. The van der Waals surface area contributed by atoms with Crippen molar-refractivity contribution in [2.24, 2.45) is 5.16 Å². The molecule has 0 saturated carbocycles. The Balaban J connectivity index is 0.00000342. The number of nitrogens with zero attached hydrogens (tertiary/aromatic N) is 2. The third-order valence-corrected chi connectivity index (χ3v) is 6.15. The van der Waals surface area contributed by atoms with Crippen LogP contribution in [0.5, 0.6) is 0 Å². The summed E-state index contributed by atoms with van der Waals surface area (Å²) in [5.41, 5.74) is 5.94. The maximum Gasteiger partial charge on any atom is 0.306 e. The first-order chi connectivity index (χ1) is 16.6. The van der Waals surface area contributed by atoms with Crippen molar-refractivity contribution in [3.05, 3.63) is 88.8 Å². The van der Waals surface area contributed by atoms with E-state index in [0.29, 0.717) is 0 Å². The smallest absolute Gasteiger partial charge is 0.306 e. The molecule has 0 aliphatic rings. The van der Waals surface area contributed by atoms with Crippen molar-refractivity contribution in [1.29, 1.82) is 0 Å². The Labute approximate surface area is 206 Å². The van der Waals surface area contributed by atoms with E-state index in [0.717, 1.165) is 53.2 Å². The fraction of sp³-hybridized carbons (Fsp3) is 0.310. The molecule has 0 bridgehead atoms. The van der Waals surface area contributed by atoms with Crippen molar-refractivity contribution in [2.75, 3.05) is 13.2 Å². The molecule has 2 N–H and O–H groups in total. The molecule has 0 aliphatic carbocycles. The van der Waals surface area contributed by atoms with Crippen LogP contribution in [0.25, 0.3) is 21.8 Å². The Morgan fingerprint density at radius 3 is 2.51 bits per heavy atom. The number of fused-ring (bicyclic) bond motifs is 2. The van der Waals surface area contributed by atoms with Gasteiger partial charge in [-0.05, 0) is 49.6 Å². The zero-order valence-corrected chi connectivity index (χ0v) is 19.8. The summed E-state index contributed by atoms with van der Waals surface area (Å²) in [5.74, 6) is -0.900. The number of hydrogen-bond acceptors (Lipinski definition) is 4. The van der Waals surface area contributed by atoms with Gasteiger partial charge in [0.15, 0.2) is 0 Å². The average Bonchev–Trinajstić information content (AvgIpc) is 2.85. The molecular formula is C29H35N3O3. The first-order valence-electron chi connectivity index (χ1n) is 11.7. The summed E-state index contributed by atoms with van der Waals surface area (Å²) in [6, 6.07) is 22.8. The van der Waals surface area contributed by atoms with E-state index >= 15 is 0 Å². The van der Waals surface area contributed by atoms with E-state index in [4.69, 9.17) is 9.94 Å². The summed E-state index contributed by atoms with van der Waals surface area (Å²) in [4.78, 5) is 16.3. The molecule has 0 amide bonds. The van der Waals surface area contributed by atoms with Crippen molar-refractivity contribution < 1.29 is 14.7 Å². The number of nitrogens with one attached hydrogen (secondary N) is 1. The highest BCUT2D eigenvalue weighted by molar-refractivity contribution is 5.95. The number of benzene rings is 3. The number of pyridine rings is 1. The molecule has 0 spiro atoms. The highest BCUT2D eigenvalue weighted by atomic mass is 16.6. The number of carboxylic acids is 1.